The Morgan fingerprint density at radius 2 is 2.11 bits per heavy atom. The molecule has 0 aliphatic carbocycles. The van der Waals surface area contributed by atoms with Gasteiger partial charge in [0.2, 0.25) is 0 Å². The van der Waals surface area contributed by atoms with E-state index in [-0.39, 0.29) is 5.56 Å². The number of aryl methyl sites for hydroxylation is 3. The number of nitrogens with zero attached hydrogens (tertiary/aromatic N) is 1. The van der Waals surface area contributed by atoms with Crippen molar-refractivity contribution in [2.75, 3.05) is 5.32 Å². The Hall–Kier alpha value is -1.88. The lowest BCUT2D eigenvalue weighted by Gasteiger charge is -2.11. The molecule has 2 aromatic heterocycles. The summed E-state index contributed by atoms with van der Waals surface area (Å²) in [5.74, 6) is -0.506. The van der Waals surface area contributed by atoms with E-state index >= 15 is 0 Å². The van der Waals surface area contributed by atoms with E-state index in [9.17, 15) is 9.90 Å². The van der Waals surface area contributed by atoms with Gasteiger partial charge < -0.3 is 10.4 Å². The third-order valence-electron chi connectivity index (χ3n) is 2.94. The molecule has 5 heteroatoms. The van der Waals surface area contributed by atoms with Gasteiger partial charge in [-0.2, -0.15) is 0 Å². The highest BCUT2D eigenvalue weighted by molar-refractivity contribution is 7.10. The van der Waals surface area contributed by atoms with Gasteiger partial charge in [-0.25, -0.2) is 9.78 Å². The molecular formula is C14H16N2O2S. The molecule has 0 bridgehead atoms. The van der Waals surface area contributed by atoms with Crippen molar-refractivity contribution in [3.8, 4) is 0 Å². The van der Waals surface area contributed by atoms with E-state index in [4.69, 9.17) is 0 Å². The predicted octanol–water partition coefficient (Wildman–Crippen LogP) is 3.38. The molecule has 2 N–H and O–H groups in total. The quantitative estimate of drug-likeness (QED) is 0.898. The third kappa shape index (κ3) is 2.93. The number of aromatic carboxylic acids is 1. The maximum absolute atomic E-state index is 11.3. The van der Waals surface area contributed by atoms with Crippen LogP contribution in [-0.2, 0) is 6.54 Å². The molecule has 0 saturated carbocycles. The van der Waals surface area contributed by atoms with E-state index < -0.39 is 5.97 Å². The maximum Gasteiger partial charge on any atom is 0.339 e. The molecular weight excluding hydrogens is 260 g/mol. The van der Waals surface area contributed by atoms with Gasteiger partial charge in [0.1, 0.15) is 11.4 Å². The van der Waals surface area contributed by atoms with E-state index in [1.807, 2.05) is 19.2 Å². The fraction of sp³-hybridized carbons (Fsp3) is 0.286. The maximum atomic E-state index is 11.3. The second-order valence-corrected chi connectivity index (χ2v) is 5.49. The van der Waals surface area contributed by atoms with Crippen molar-refractivity contribution in [2.45, 2.75) is 27.3 Å². The molecule has 4 nitrogen and oxygen atoms in total. The summed E-state index contributed by atoms with van der Waals surface area (Å²) < 4.78 is 0. The minimum absolute atomic E-state index is 0.250. The Morgan fingerprint density at radius 1 is 1.37 bits per heavy atom. The molecule has 19 heavy (non-hydrogen) atoms. The first-order chi connectivity index (χ1) is 8.99. The molecule has 0 aliphatic heterocycles. The Balaban J connectivity index is 2.29. The highest BCUT2D eigenvalue weighted by Crippen LogP contribution is 2.21. The average Bonchev–Trinajstić information content (AvgIpc) is 2.70. The van der Waals surface area contributed by atoms with Crippen LogP contribution >= 0.6 is 11.3 Å². The number of carboxylic acid groups (broad SMARTS) is 1. The molecule has 0 atom stereocenters. The van der Waals surface area contributed by atoms with Crippen LogP contribution in [0.25, 0.3) is 0 Å². The third-order valence-corrected chi connectivity index (χ3v) is 3.97. The van der Waals surface area contributed by atoms with Crippen molar-refractivity contribution in [1.82, 2.24) is 4.98 Å². The number of carboxylic acids is 1. The fourth-order valence-corrected chi connectivity index (χ4v) is 2.83. The lowest BCUT2D eigenvalue weighted by atomic mass is 10.1. The van der Waals surface area contributed by atoms with Crippen LogP contribution in [-0.4, -0.2) is 16.1 Å². The molecule has 100 valence electrons. The zero-order valence-corrected chi connectivity index (χ0v) is 12.0. The summed E-state index contributed by atoms with van der Waals surface area (Å²) in [7, 11) is 0. The lowest BCUT2D eigenvalue weighted by molar-refractivity contribution is 0.0697. The number of hydrogen-bond donors (Lipinski definition) is 2. The van der Waals surface area contributed by atoms with Crippen molar-refractivity contribution in [2.24, 2.45) is 0 Å². The lowest BCUT2D eigenvalue weighted by Crippen LogP contribution is -2.11. The SMILES string of the molecule is Cc1cc(C)c(C(=O)O)c(NCc2sccc2C)n1. The summed E-state index contributed by atoms with van der Waals surface area (Å²) in [6.45, 7) is 6.29. The fourth-order valence-electron chi connectivity index (χ4n) is 1.98. The highest BCUT2D eigenvalue weighted by Gasteiger charge is 2.15. The first-order valence-electron chi connectivity index (χ1n) is 5.97. The number of carbonyl (C=O) groups is 1. The van der Waals surface area contributed by atoms with Gasteiger partial charge in [0.15, 0.2) is 0 Å². The molecule has 2 aromatic rings. The van der Waals surface area contributed by atoms with Gasteiger partial charge >= 0.3 is 5.97 Å². The first-order valence-corrected chi connectivity index (χ1v) is 6.85. The minimum Gasteiger partial charge on any atom is -0.478 e. The van der Waals surface area contributed by atoms with Gasteiger partial charge in [0.25, 0.3) is 0 Å². The highest BCUT2D eigenvalue weighted by atomic mass is 32.1. The Kier molecular flexibility index (Phi) is 3.85. The van der Waals surface area contributed by atoms with Gasteiger partial charge in [-0.1, -0.05) is 0 Å². The van der Waals surface area contributed by atoms with Crippen molar-refractivity contribution in [1.29, 1.82) is 0 Å². The second-order valence-electron chi connectivity index (χ2n) is 4.49. The molecule has 0 radical (unpaired) electrons. The van der Waals surface area contributed by atoms with Crippen LogP contribution in [0.1, 0.15) is 32.1 Å². The Morgan fingerprint density at radius 3 is 2.68 bits per heavy atom. The molecule has 0 saturated heterocycles. The molecule has 0 spiro atoms. The van der Waals surface area contributed by atoms with Crippen LogP contribution in [0.4, 0.5) is 5.82 Å². The Bertz CT molecular complexity index is 620. The summed E-state index contributed by atoms with van der Waals surface area (Å²) in [6.07, 6.45) is 0. The number of pyridine rings is 1. The van der Waals surface area contributed by atoms with E-state index in [1.165, 1.54) is 10.4 Å². The molecule has 2 rings (SSSR count). The van der Waals surface area contributed by atoms with Crippen LogP contribution < -0.4 is 5.32 Å². The zero-order chi connectivity index (χ0) is 14.0. The number of aromatic nitrogens is 1. The number of rotatable bonds is 4. The molecule has 0 unspecified atom stereocenters. The molecule has 0 aliphatic rings. The van der Waals surface area contributed by atoms with Crippen LogP contribution in [0.3, 0.4) is 0 Å². The number of anilines is 1. The van der Waals surface area contributed by atoms with Crippen molar-refractivity contribution < 1.29 is 9.90 Å². The van der Waals surface area contributed by atoms with E-state index in [2.05, 4.69) is 16.4 Å². The second kappa shape index (κ2) is 5.40. The molecule has 0 amide bonds. The van der Waals surface area contributed by atoms with Gasteiger partial charge in [-0.05, 0) is 49.4 Å². The monoisotopic (exact) mass is 276 g/mol. The van der Waals surface area contributed by atoms with Crippen LogP contribution in [0.5, 0.6) is 0 Å². The first kappa shape index (κ1) is 13.5. The average molecular weight is 276 g/mol. The summed E-state index contributed by atoms with van der Waals surface area (Å²) in [5.41, 5.74) is 3.00. The Labute approximate surface area is 116 Å². The van der Waals surface area contributed by atoms with Crippen LogP contribution in [0.15, 0.2) is 17.5 Å². The van der Waals surface area contributed by atoms with Gasteiger partial charge in [0.05, 0.1) is 6.54 Å². The zero-order valence-electron chi connectivity index (χ0n) is 11.2. The minimum atomic E-state index is -0.949. The number of thiophene rings is 1. The summed E-state index contributed by atoms with van der Waals surface area (Å²) >= 11 is 1.65. The standard InChI is InChI=1S/C14H16N2O2S/c1-8-4-5-19-11(8)7-15-13-12(14(17)18)9(2)6-10(3)16-13/h4-6H,7H2,1-3H3,(H,15,16)(H,17,18). The normalized spacial score (nSPS) is 10.5. The van der Waals surface area contributed by atoms with Crippen molar-refractivity contribution >= 4 is 23.1 Å². The molecule has 0 fully saturated rings. The summed E-state index contributed by atoms with van der Waals surface area (Å²) in [5, 5.41) is 14.4. The van der Waals surface area contributed by atoms with Crippen molar-refractivity contribution in [3.63, 3.8) is 0 Å². The van der Waals surface area contributed by atoms with Gasteiger partial charge in [-0.3, -0.25) is 0 Å². The van der Waals surface area contributed by atoms with Crippen LogP contribution in [0.2, 0.25) is 0 Å². The molecule has 2 heterocycles. The smallest absolute Gasteiger partial charge is 0.339 e. The van der Waals surface area contributed by atoms with E-state index in [1.54, 1.807) is 24.3 Å². The van der Waals surface area contributed by atoms with E-state index in [0.29, 0.717) is 12.4 Å². The predicted molar refractivity (Wildman–Crippen MR) is 77.1 cm³/mol. The van der Waals surface area contributed by atoms with Crippen LogP contribution in [0, 0.1) is 20.8 Å². The van der Waals surface area contributed by atoms with Crippen molar-refractivity contribution in [3.05, 3.63) is 44.8 Å². The van der Waals surface area contributed by atoms with Gasteiger partial charge in [0, 0.05) is 10.6 Å². The number of hydrogen-bond acceptors (Lipinski definition) is 4. The van der Waals surface area contributed by atoms with E-state index in [0.717, 1.165) is 11.3 Å². The topological polar surface area (TPSA) is 62.2 Å². The molecule has 0 aromatic carbocycles. The van der Waals surface area contributed by atoms with Gasteiger partial charge in [-0.15, -0.1) is 11.3 Å². The number of nitrogens with one attached hydrogen (secondary N) is 1. The summed E-state index contributed by atoms with van der Waals surface area (Å²) in [6, 6.07) is 3.83. The largest absolute Gasteiger partial charge is 0.478 e. The summed E-state index contributed by atoms with van der Waals surface area (Å²) in [4.78, 5) is 16.8.